The van der Waals surface area contributed by atoms with Crippen molar-refractivity contribution in [1.29, 1.82) is 0 Å². The molecule has 1 atom stereocenters. The monoisotopic (exact) mass is 267 g/mol. The van der Waals surface area contributed by atoms with Gasteiger partial charge in [-0.15, -0.1) is 0 Å². The van der Waals surface area contributed by atoms with Crippen LogP contribution in [0.2, 0.25) is 5.02 Å². The van der Waals surface area contributed by atoms with Crippen molar-refractivity contribution in [3.05, 3.63) is 64.7 Å². The molecule has 0 amide bonds. The van der Waals surface area contributed by atoms with Crippen molar-refractivity contribution in [3.63, 3.8) is 0 Å². The van der Waals surface area contributed by atoms with Gasteiger partial charge in [-0.25, -0.2) is 8.78 Å². The van der Waals surface area contributed by atoms with Gasteiger partial charge in [0.15, 0.2) is 0 Å². The topological polar surface area (TPSA) is 12.0 Å². The minimum atomic E-state index is -0.475. The Kier molecular flexibility index (Phi) is 3.82. The van der Waals surface area contributed by atoms with Crippen LogP contribution in [0, 0.1) is 11.6 Å². The minimum Gasteiger partial charge on any atom is -0.376 e. The molecule has 0 aliphatic rings. The maximum absolute atomic E-state index is 13.5. The van der Waals surface area contributed by atoms with E-state index >= 15 is 0 Å². The largest absolute Gasteiger partial charge is 0.376 e. The zero-order chi connectivity index (χ0) is 13.1. The lowest BCUT2D eigenvalue weighted by molar-refractivity contribution is 0.600. The number of benzene rings is 2. The van der Waals surface area contributed by atoms with Gasteiger partial charge in [0.1, 0.15) is 11.6 Å². The average Bonchev–Trinajstić information content (AvgIpc) is 2.34. The minimum absolute atomic E-state index is 0.140. The first kappa shape index (κ1) is 12.8. The normalized spacial score (nSPS) is 12.2. The lowest BCUT2D eigenvalue weighted by atomic mass is 10.1. The Labute approximate surface area is 109 Å². The SMILES string of the molecule is CC(Nc1cc(F)ccc1F)c1ccc(Cl)cc1. The molecule has 0 fully saturated rings. The Hall–Kier alpha value is -1.61. The Balaban J connectivity index is 2.18. The van der Waals surface area contributed by atoms with Crippen LogP contribution in [0.15, 0.2) is 42.5 Å². The summed E-state index contributed by atoms with van der Waals surface area (Å²) in [6.07, 6.45) is 0. The molecule has 0 saturated carbocycles. The zero-order valence-electron chi connectivity index (χ0n) is 9.75. The Morgan fingerprint density at radius 3 is 2.39 bits per heavy atom. The molecule has 0 bridgehead atoms. The fraction of sp³-hybridized carbons (Fsp3) is 0.143. The molecule has 94 valence electrons. The van der Waals surface area contributed by atoms with Gasteiger partial charge >= 0.3 is 0 Å². The van der Waals surface area contributed by atoms with Gasteiger partial charge in [0, 0.05) is 11.1 Å². The summed E-state index contributed by atoms with van der Waals surface area (Å²) in [4.78, 5) is 0. The van der Waals surface area contributed by atoms with E-state index in [4.69, 9.17) is 11.6 Å². The van der Waals surface area contributed by atoms with Crippen LogP contribution >= 0.6 is 11.6 Å². The molecule has 4 heteroatoms. The number of halogens is 3. The van der Waals surface area contributed by atoms with Crippen molar-refractivity contribution in [2.24, 2.45) is 0 Å². The highest BCUT2D eigenvalue weighted by Gasteiger charge is 2.09. The molecular weight excluding hydrogens is 256 g/mol. The molecule has 2 aromatic rings. The van der Waals surface area contributed by atoms with Gasteiger partial charge in [0.25, 0.3) is 0 Å². The molecule has 1 N–H and O–H groups in total. The number of hydrogen-bond donors (Lipinski definition) is 1. The van der Waals surface area contributed by atoms with E-state index in [-0.39, 0.29) is 11.7 Å². The molecule has 0 spiro atoms. The summed E-state index contributed by atoms with van der Waals surface area (Å²) < 4.78 is 26.5. The van der Waals surface area contributed by atoms with Crippen LogP contribution in [-0.4, -0.2) is 0 Å². The number of rotatable bonds is 3. The van der Waals surface area contributed by atoms with Gasteiger partial charge < -0.3 is 5.32 Å². The summed E-state index contributed by atoms with van der Waals surface area (Å²) in [5.74, 6) is -0.945. The Morgan fingerprint density at radius 1 is 1.06 bits per heavy atom. The molecule has 1 unspecified atom stereocenters. The van der Waals surface area contributed by atoms with Crippen molar-refractivity contribution in [2.45, 2.75) is 13.0 Å². The van der Waals surface area contributed by atoms with Crippen LogP contribution < -0.4 is 5.32 Å². The summed E-state index contributed by atoms with van der Waals surface area (Å²) >= 11 is 5.79. The fourth-order valence-electron chi connectivity index (χ4n) is 1.68. The van der Waals surface area contributed by atoms with Gasteiger partial charge in [-0.05, 0) is 42.8 Å². The van der Waals surface area contributed by atoms with E-state index in [1.807, 2.05) is 19.1 Å². The maximum atomic E-state index is 13.5. The van der Waals surface area contributed by atoms with Crippen LogP contribution in [0.4, 0.5) is 14.5 Å². The molecule has 0 heterocycles. The zero-order valence-corrected chi connectivity index (χ0v) is 10.5. The predicted molar refractivity (Wildman–Crippen MR) is 69.8 cm³/mol. The van der Waals surface area contributed by atoms with Gasteiger partial charge in [-0.3, -0.25) is 0 Å². The third-order valence-corrected chi connectivity index (χ3v) is 2.92. The number of nitrogens with one attached hydrogen (secondary N) is 1. The Bertz CT molecular complexity index is 540. The van der Waals surface area contributed by atoms with Crippen LogP contribution in [0.1, 0.15) is 18.5 Å². The van der Waals surface area contributed by atoms with E-state index in [0.717, 1.165) is 23.8 Å². The quantitative estimate of drug-likeness (QED) is 0.843. The molecule has 2 aromatic carbocycles. The van der Waals surface area contributed by atoms with Crippen molar-refractivity contribution >= 4 is 17.3 Å². The summed E-state index contributed by atoms with van der Waals surface area (Å²) in [6, 6.07) is 10.4. The lowest BCUT2D eigenvalue weighted by Gasteiger charge is -2.16. The molecule has 0 aliphatic carbocycles. The van der Waals surface area contributed by atoms with Crippen molar-refractivity contribution in [1.82, 2.24) is 0 Å². The summed E-state index contributed by atoms with van der Waals surface area (Å²) in [7, 11) is 0. The van der Waals surface area contributed by atoms with E-state index < -0.39 is 11.6 Å². The molecule has 1 nitrogen and oxygen atoms in total. The molecule has 0 radical (unpaired) electrons. The summed E-state index contributed by atoms with van der Waals surface area (Å²) in [5.41, 5.74) is 1.10. The van der Waals surface area contributed by atoms with Gasteiger partial charge in [0.05, 0.1) is 5.69 Å². The van der Waals surface area contributed by atoms with Crippen molar-refractivity contribution in [2.75, 3.05) is 5.32 Å². The summed E-state index contributed by atoms with van der Waals surface area (Å²) in [6.45, 7) is 1.87. The number of anilines is 1. The molecule has 0 aliphatic heterocycles. The smallest absolute Gasteiger partial charge is 0.146 e. The highest BCUT2D eigenvalue weighted by molar-refractivity contribution is 6.30. The molecule has 0 aromatic heterocycles. The summed E-state index contributed by atoms with van der Waals surface area (Å²) in [5, 5.41) is 3.57. The second-order valence-electron chi connectivity index (χ2n) is 4.04. The first-order chi connectivity index (χ1) is 8.56. The second kappa shape index (κ2) is 5.36. The molecule has 2 rings (SSSR count). The van der Waals surface area contributed by atoms with Gasteiger partial charge in [-0.2, -0.15) is 0 Å². The molecular formula is C14H12ClF2N. The van der Waals surface area contributed by atoms with Crippen molar-refractivity contribution in [3.8, 4) is 0 Å². The first-order valence-corrected chi connectivity index (χ1v) is 5.91. The van der Waals surface area contributed by atoms with E-state index in [2.05, 4.69) is 5.32 Å². The Morgan fingerprint density at radius 2 is 1.72 bits per heavy atom. The first-order valence-electron chi connectivity index (χ1n) is 5.53. The van der Waals surface area contributed by atoms with Crippen LogP contribution in [-0.2, 0) is 0 Å². The second-order valence-corrected chi connectivity index (χ2v) is 4.48. The van der Waals surface area contributed by atoms with E-state index in [1.165, 1.54) is 0 Å². The van der Waals surface area contributed by atoms with Gasteiger partial charge in [-0.1, -0.05) is 23.7 Å². The maximum Gasteiger partial charge on any atom is 0.146 e. The molecule has 0 saturated heterocycles. The lowest BCUT2D eigenvalue weighted by Crippen LogP contribution is -2.08. The third kappa shape index (κ3) is 2.99. The highest BCUT2D eigenvalue weighted by Crippen LogP contribution is 2.23. The van der Waals surface area contributed by atoms with E-state index in [0.29, 0.717) is 5.02 Å². The number of hydrogen-bond acceptors (Lipinski definition) is 1. The van der Waals surface area contributed by atoms with Gasteiger partial charge in [0.2, 0.25) is 0 Å². The van der Waals surface area contributed by atoms with E-state index in [1.54, 1.807) is 12.1 Å². The third-order valence-electron chi connectivity index (χ3n) is 2.67. The average molecular weight is 268 g/mol. The standard InChI is InChI=1S/C14H12ClF2N/c1-9(10-2-4-11(15)5-3-10)18-14-8-12(16)6-7-13(14)17/h2-9,18H,1H3. The van der Waals surface area contributed by atoms with E-state index in [9.17, 15) is 8.78 Å². The highest BCUT2D eigenvalue weighted by atomic mass is 35.5. The van der Waals surface area contributed by atoms with Crippen LogP contribution in [0.3, 0.4) is 0 Å². The van der Waals surface area contributed by atoms with Crippen LogP contribution in [0.5, 0.6) is 0 Å². The fourth-order valence-corrected chi connectivity index (χ4v) is 1.80. The molecule has 18 heavy (non-hydrogen) atoms. The van der Waals surface area contributed by atoms with Crippen molar-refractivity contribution < 1.29 is 8.78 Å². The predicted octanol–water partition coefficient (Wildman–Crippen LogP) is 4.79. The van der Waals surface area contributed by atoms with Crippen LogP contribution in [0.25, 0.3) is 0 Å².